The molecule has 0 fully saturated rings. The molecule has 0 bridgehead atoms. The molecule has 18 heavy (non-hydrogen) atoms. The van der Waals surface area contributed by atoms with Crippen LogP contribution in [0, 0.1) is 5.82 Å². The van der Waals surface area contributed by atoms with Crippen LogP contribution in [-0.4, -0.2) is 24.2 Å². The summed E-state index contributed by atoms with van der Waals surface area (Å²) < 4.78 is 18.0. The number of carboxylic acid groups (broad SMARTS) is 1. The number of halogens is 1. The largest absolute Gasteiger partial charge is 0.494 e. The van der Waals surface area contributed by atoms with Gasteiger partial charge < -0.3 is 15.2 Å². The first-order chi connectivity index (χ1) is 8.58. The lowest BCUT2D eigenvalue weighted by molar-refractivity contribution is -0.138. The number of ether oxygens (including phenoxy) is 1. The predicted octanol–water partition coefficient (Wildman–Crippen LogP) is 2.89. The van der Waals surface area contributed by atoms with Crippen molar-refractivity contribution in [2.45, 2.75) is 32.2 Å². The van der Waals surface area contributed by atoms with E-state index >= 15 is 0 Å². The zero-order valence-corrected chi connectivity index (χ0v) is 10.6. The van der Waals surface area contributed by atoms with Gasteiger partial charge in [0.15, 0.2) is 11.6 Å². The number of benzene rings is 1. The Morgan fingerprint density at radius 2 is 2.28 bits per heavy atom. The number of carbonyl (C=O) groups is 1. The highest BCUT2D eigenvalue weighted by Crippen LogP contribution is 2.22. The first-order valence-corrected chi connectivity index (χ1v) is 5.91. The minimum Gasteiger partial charge on any atom is -0.494 e. The third kappa shape index (κ3) is 3.91. The highest BCUT2D eigenvalue weighted by atomic mass is 19.1. The van der Waals surface area contributed by atoms with Crippen molar-refractivity contribution in [2.24, 2.45) is 0 Å². The Hall–Kier alpha value is -1.78. The number of hydrogen-bond donors (Lipinski definition) is 2. The maximum Gasteiger partial charge on any atom is 0.326 e. The van der Waals surface area contributed by atoms with Crippen molar-refractivity contribution < 1.29 is 19.0 Å². The molecule has 0 saturated carbocycles. The summed E-state index contributed by atoms with van der Waals surface area (Å²) in [4.78, 5) is 11.1. The van der Waals surface area contributed by atoms with E-state index in [1.54, 1.807) is 0 Å². The van der Waals surface area contributed by atoms with Gasteiger partial charge in [0.05, 0.1) is 7.11 Å². The number of aliphatic carboxylic acids is 1. The van der Waals surface area contributed by atoms with Crippen LogP contribution in [0.25, 0.3) is 0 Å². The summed E-state index contributed by atoms with van der Waals surface area (Å²) in [6, 6.07) is 3.54. The number of methoxy groups -OCH3 is 1. The molecule has 1 rings (SSSR count). The molecule has 0 aliphatic rings. The van der Waals surface area contributed by atoms with Crippen LogP contribution in [0.1, 0.15) is 26.2 Å². The lowest BCUT2D eigenvalue weighted by Crippen LogP contribution is -2.29. The normalized spacial score (nSPS) is 11.9. The molecule has 0 aliphatic carbocycles. The zero-order chi connectivity index (χ0) is 13.5. The second-order valence-corrected chi connectivity index (χ2v) is 4.03. The van der Waals surface area contributed by atoms with Crippen LogP contribution >= 0.6 is 0 Å². The summed E-state index contributed by atoms with van der Waals surface area (Å²) in [5.41, 5.74) is 0.539. The number of anilines is 1. The van der Waals surface area contributed by atoms with Gasteiger partial charge in [-0.2, -0.15) is 0 Å². The fourth-order valence-electron chi connectivity index (χ4n) is 1.62. The van der Waals surface area contributed by atoms with E-state index in [-0.39, 0.29) is 5.75 Å². The molecule has 0 saturated heterocycles. The quantitative estimate of drug-likeness (QED) is 0.786. The van der Waals surface area contributed by atoms with Gasteiger partial charge in [0.1, 0.15) is 6.04 Å². The number of carboxylic acids is 1. The third-order valence-corrected chi connectivity index (χ3v) is 2.64. The van der Waals surface area contributed by atoms with E-state index in [0.717, 1.165) is 12.8 Å². The van der Waals surface area contributed by atoms with Gasteiger partial charge in [-0.25, -0.2) is 9.18 Å². The van der Waals surface area contributed by atoms with Crippen LogP contribution in [0.3, 0.4) is 0 Å². The molecule has 0 aromatic heterocycles. The molecule has 1 aromatic rings. The van der Waals surface area contributed by atoms with E-state index in [0.29, 0.717) is 12.1 Å². The van der Waals surface area contributed by atoms with Gasteiger partial charge in [-0.05, 0) is 18.6 Å². The van der Waals surface area contributed by atoms with Crippen LogP contribution in [0.2, 0.25) is 0 Å². The number of nitrogens with one attached hydrogen (secondary N) is 1. The monoisotopic (exact) mass is 255 g/mol. The number of hydrogen-bond acceptors (Lipinski definition) is 3. The molecular formula is C13H18FNO3. The maximum absolute atomic E-state index is 13.2. The van der Waals surface area contributed by atoms with Gasteiger partial charge in [-0.1, -0.05) is 19.8 Å². The molecule has 100 valence electrons. The molecule has 1 unspecified atom stereocenters. The smallest absolute Gasteiger partial charge is 0.326 e. The second kappa shape index (κ2) is 6.83. The molecule has 0 radical (unpaired) electrons. The van der Waals surface area contributed by atoms with Gasteiger partial charge in [0.25, 0.3) is 0 Å². The standard InChI is InChI=1S/C13H18FNO3/c1-3-4-5-11(13(16)17)15-9-6-7-10(14)12(8-9)18-2/h6-8,11,15H,3-5H2,1-2H3,(H,16,17). The Labute approximate surface area is 106 Å². The molecule has 5 heteroatoms. The Balaban J connectivity index is 2.77. The summed E-state index contributed by atoms with van der Waals surface area (Å²) >= 11 is 0. The van der Waals surface area contributed by atoms with Crippen molar-refractivity contribution in [1.82, 2.24) is 0 Å². The van der Waals surface area contributed by atoms with Gasteiger partial charge in [-0.3, -0.25) is 0 Å². The summed E-state index contributed by atoms with van der Waals surface area (Å²) in [5.74, 6) is -1.28. The summed E-state index contributed by atoms with van der Waals surface area (Å²) in [6.07, 6.45) is 2.28. The topological polar surface area (TPSA) is 58.6 Å². The van der Waals surface area contributed by atoms with Gasteiger partial charge in [0, 0.05) is 11.8 Å². The highest BCUT2D eigenvalue weighted by molar-refractivity contribution is 5.77. The summed E-state index contributed by atoms with van der Waals surface area (Å²) in [6.45, 7) is 2.00. The average molecular weight is 255 g/mol. The molecule has 0 amide bonds. The van der Waals surface area contributed by atoms with E-state index in [4.69, 9.17) is 9.84 Å². The Bertz CT molecular complexity index is 409. The average Bonchev–Trinajstić information content (AvgIpc) is 2.36. The third-order valence-electron chi connectivity index (χ3n) is 2.64. The Morgan fingerprint density at radius 1 is 1.56 bits per heavy atom. The van der Waals surface area contributed by atoms with Crippen molar-refractivity contribution in [3.8, 4) is 5.75 Å². The Kier molecular flexibility index (Phi) is 5.42. The second-order valence-electron chi connectivity index (χ2n) is 4.03. The lowest BCUT2D eigenvalue weighted by Gasteiger charge is -2.16. The van der Waals surface area contributed by atoms with Crippen LogP contribution in [0.15, 0.2) is 18.2 Å². The minimum absolute atomic E-state index is 0.0969. The van der Waals surface area contributed by atoms with Crippen LogP contribution in [-0.2, 0) is 4.79 Å². The molecule has 0 aliphatic heterocycles. The first kappa shape index (κ1) is 14.3. The van der Waals surface area contributed by atoms with E-state index < -0.39 is 17.8 Å². The summed E-state index contributed by atoms with van der Waals surface area (Å²) in [7, 11) is 1.37. The van der Waals surface area contributed by atoms with Gasteiger partial charge in [0.2, 0.25) is 0 Å². The number of unbranched alkanes of at least 4 members (excludes halogenated alkanes) is 1. The summed E-state index contributed by atoms with van der Waals surface area (Å²) in [5, 5.41) is 11.9. The van der Waals surface area contributed by atoms with Gasteiger partial charge >= 0.3 is 5.97 Å². The number of rotatable bonds is 7. The molecule has 1 atom stereocenters. The van der Waals surface area contributed by atoms with Crippen molar-refractivity contribution >= 4 is 11.7 Å². The van der Waals surface area contributed by atoms with Crippen molar-refractivity contribution in [3.05, 3.63) is 24.0 Å². The predicted molar refractivity (Wildman–Crippen MR) is 67.5 cm³/mol. The van der Waals surface area contributed by atoms with Crippen LogP contribution in [0.5, 0.6) is 5.75 Å². The minimum atomic E-state index is -0.910. The molecule has 0 spiro atoms. The van der Waals surface area contributed by atoms with Gasteiger partial charge in [-0.15, -0.1) is 0 Å². The van der Waals surface area contributed by atoms with Crippen LogP contribution < -0.4 is 10.1 Å². The lowest BCUT2D eigenvalue weighted by atomic mass is 10.1. The Morgan fingerprint density at radius 3 is 2.83 bits per heavy atom. The van der Waals surface area contributed by atoms with E-state index in [1.807, 2.05) is 6.92 Å². The van der Waals surface area contributed by atoms with Crippen LogP contribution in [0.4, 0.5) is 10.1 Å². The maximum atomic E-state index is 13.2. The van der Waals surface area contributed by atoms with Crippen molar-refractivity contribution in [2.75, 3.05) is 12.4 Å². The van der Waals surface area contributed by atoms with E-state index in [9.17, 15) is 9.18 Å². The molecule has 2 N–H and O–H groups in total. The fraction of sp³-hybridized carbons (Fsp3) is 0.462. The van der Waals surface area contributed by atoms with E-state index in [1.165, 1.54) is 25.3 Å². The van der Waals surface area contributed by atoms with E-state index in [2.05, 4.69) is 5.32 Å². The highest BCUT2D eigenvalue weighted by Gasteiger charge is 2.16. The van der Waals surface area contributed by atoms with Crippen molar-refractivity contribution in [3.63, 3.8) is 0 Å². The zero-order valence-electron chi connectivity index (χ0n) is 10.6. The molecule has 1 aromatic carbocycles. The molecule has 4 nitrogen and oxygen atoms in total. The SMILES string of the molecule is CCCCC(Nc1ccc(F)c(OC)c1)C(=O)O. The molecule has 0 heterocycles. The molecular weight excluding hydrogens is 237 g/mol. The fourth-order valence-corrected chi connectivity index (χ4v) is 1.62. The van der Waals surface area contributed by atoms with Crippen molar-refractivity contribution in [1.29, 1.82) is 0 Å². The first-order valence-electron chi connectivity index (χ1n) is 5.91.